The maximum Gasteiger partial charge on any atom is 0.244 e. The summed E-state index contributed by atoms with van der Waals surface area (Å²) in [5, 5.41) is 3.31. The van der Waals surface area contributed by atoms with Gasteiger partial charge in [0.25, 0.3) is 0 Å². The molecule has 0 saturated carbocycles. The Morgan fingerprint density at radius 3 is 2.90 bits per heavy atom. The fourth-order valence-electron chi connectivity index (χ4n) is 2.78. The van der Waals surface area contributed by atoms with Crippen LogP contribution in [0.15, 0.2) is 23.1 Å². The van der Waals surface area contributed by atoms with E-state index in [-0.39, 0.29) is 10.9 Å². The summed E-state index contributed by atoms with van der Waals surface area (Å²) in [5.41, 5.74) is 0. The van der Waals surface area contributed by atoms with Crippen LogP contribution >= 0.6 is 0 Å². The first-order valence-electron chi connectivity index (χ1n) is 7.20. The van der Waals surface area contributed by atoms with Gasteiger partial charge in [-0.2, -0.15) is 0 Å². The van der Waals surface area contributed by atoms with E-state index in [1.165, 1.54) is 0 Å². The number of hydrogen-bond acceptors (Lipinski definition) is 5. The van der Waals surface area contributed by atoms with Gasteiger partial charge in [0.05, 0.1) is 0 Å². The number of nitrogens with one attached hydrogen (secondary N) is 2. The molecule has 2 atom stereocenters. The van der Waals surface area contributed by atoms with E-state index in [9.17, 15) is 8.42 Å². The summed E-state index contributed by atoms with van der Waals surface area (Å²) in [4.78, 5) is 0.158. The molecule has 2 unspecified atom stereocenters. The first-order valence-corrected chi connectivity index (χ1v) is 8.69. The summed E-state index contributed by atoms with van der Waals surface area (Å²) in [5.74, 6) is 0.807. The van der Waals surface area contributed by atoms with Crippen molar-refractivity contribution in [3.05, 3.63) is 18.2 Å². The van der Waals surface area contributed by atoms with E-state index < -0.39 is 10.0 Å². The summed E-state index contributed by atoms with van der Waals surface area (Å²) in [7, 11) is -3.61. The highest BCUT2D eigenvalue weighted by Gasteiger charge is 2.29. The molecule has 6 nitrogen and oxygen atoms in total. The van der Waals surface area contributed by atoms with Crippen molar-refractivity contribution in [1.82, 2.24) is 10.0 Å². The van der Waals surface area contributed by atoms with Crippen molar-refractivity contribution in [3.63, 3.8) is 0 Å². The topological polar surface area (TPSA) is 76.7 Å². The van der Waals surface area contributed by atoms with Gasteiger partial charge in [-0.1, -0.05) is 6.07 Å². The molecule has 1 aromatic rings. The SMILES string of the molecule is CC1CC(NS(=O)(=O)c2cccc3c2OCCO3)CCN1. The Morgan fingerprint density at radius 1 is 1.29 bits per heavy atom. The minimum atomic E-state index is -3.61. The minimum absolute atomic E-state index is 0.0494. The van der Waals surface area contributed by atoms with Gasteiger partial charge in [0.1, 0.15) is 18.1 Å². The molecule has 7 heteroatoms. The third-order valence-corrected chi connectivity index (χ3v) is 5.31. The fourth-order valence-corrected chi connectivity index (χ4v) is 4.22. The smallest absolute Gasteiger partial charge is 0.244 e. The Labute approximate surface area is 124 Å². The molecule has 21 heavy (non-hydrogen) atoms. The van der Waals surface area contributed by atoms with Gasteiger partial charge >= 0.3 is 0 Å². The standard InChI is InChI=1S/C14H20N2O4S/c1-10-9-11(5-6-15-10)16-21(17,18)13-4-2-3-12-14(13)20-8-7-19-12/h2-4,10-11,15-16H,5-9H2,1H3. The lowest BCUT2D eigenvalue weighted by molar-refractivity contribution is 0.167. The molecule has 116 valence electrons. The number of sulfonamides is 1. The Kier molecular flexibility index (Phi) is 4.05. The molecule has 2 aliphatic heterocycles. The Balaban J connectivity index is 1.85. The summed E-state index contributed by atoms with van der Waals surface area (Å²) >= 11 is 0. The Hall–Kier alpha value is -1.31. The van der Waals surface area contributed by atoms with Gasteiger partial charge in [-0.15, -0.1) is 0 Å². The van der Waals surface area contributed by atoms with E-state index in [0.29, 0.717) is 30.8 Å². The molecule has 2 aliphatic rings. The van der Waals surface area contributed by atoms with Crippen LogP contribution in [0.5, 0.6) is 11.5 Å². The molecule has 1 saturated heterocycles. The third kappa shape index (κ3) is 3.14. The molecule has 3 rings (SSSR count). The largest absolute Gasteiger partial charge is 0.486 e. The molecule has 2 N–H and O–H groups in total. The van der Waals surface area contributed by atoms with E-state index in [1.54, 1.807) is 18.2 Å². The zero-order valence-corrected chi connectivity index (χ0v) is 12.8. The quantitative estimate of drug-likeness (QED) is 0.866. The first kappa shape index (κ1) is 14.6. The molecular formula is C14H20N2O4S. The molecule has 0 amide bonds. The monoisotopic (exact) mass is 312 g/mol. The number of piperidine rings is 1. The number of rotatable bonds is 3. The van der Waals surface area contributed by atoms with Crippen molar-refractivity contribution in [3.8, 4) is 11.5 Å². The number of para-hydroxylation sites is 1. The van der Waals surface area contributed by atoms with E-state index in [4.69, 9.17) is 9.47 Å². The summed E-state index contributed by atoms with van der Waals surface area (Å²) < 4.78 is 38.9. The van der Waals surface area contributed by atoms with Crippen LogP contribution in [-0.4, -0.2) is 40.3 Å². The molecule has 0 radical (unpaired) electrons. The molecule has 1 fully saturated rings. The fraction of sp³-hybridized carbons (Fsp3) is 0.571. The summed E-state index contributed by atoms with van der Waals surface area (Å²) in [6, 6.07) is 5.22. The lowest BCUT2D eigenvalue weighted by Crippen LogP contribution is -2.46. The van der Waals surface area contributed by atoms with Crippen molar-refractivity contribution < 1.29 is 17.9 Å². The predicted octanol–water partition coefficient (Wildman–Crippen LogP) is 0.877. The number of fused-ring (bicyclic) bond motifs is 1. The van der Waals surface area contributed by atoms with Crippen molar-refractivity contribution in [1.29, 1.82) is 0 Å². The van der Waals surface area contributed by atoms with E-state index in [0.717, 1.165) is 19.4 Å². The average Bonchev–Trinajstić information content (AvgIpc) is 2.46. The maximum absolute atomic E-state index is 12.6. The van der Waals surface area contributed by atoms with Gasteiger partial charge in [0.2, 0.25) is 10.0 Å². The van der Waals surface area contributed by atoms with Crippen LogP contribution in [0.1, 0.15) is 19.8 Å². The highest BCUT2D eigenvalue weighted by molar-refractivity contribution is 7.89. The average molecular weight is 312 g/mol. The van der Waals surface area contributed by atoms with Crippen molar-refractivity contribution in [2.24, 2.45) is 0 Å². The van der Waals surface area contributed by atoms with Crippen LogP contribution in [0.4, 0.5) is 0 Å². The zero-order chi connectivity index (χ0) is 14.9. The Morgan fingerprint density at radius 2 is 2.10 bits per heavy atom. The molecule has 0 aromatic heterocycles. The summed E-state index contributed by atoms with van der Waals surface area (Å²) in [6.07, 6.45) is 1.57. The number of hydrogen-bond donors (Lipinski definition) is 2. The van der Waals surface area contributed by atoms with E-state index in [2.05, 4.69) is 17.0 Å². The van der Waals surface area contributed by atoms with Crippen LogP contribution < -0.4 is 19.5 Å². The normalized spacial score (nSPS) is 25.6. The van der Waals surface area contributed by atoms with Gasteiger partial charge in [-0.25, -0.2) is 13.1 Å². The second kappa shape index (κ2) is 5.82. The van der Waals surface area contributed by atoms with Crippen LogP contribution in [0.25, 0.3) is 0 Å². The van der Waals surface area contributed by atoms with Crippen molar-refractivity contribution in [2.45, 2.75) is 36.7 Å². The number of benzene rings is 1. The molecule has 0 bridgehead atoms. The van der Waals surface area contributed by atoms with Crippen molar-refractivity contribution >= 4 is 10.0 Å². The van der Waals surface area contributed by atoms with Gasteiger partial charge in [0, 0.05) is 12.1 Å². The highest BCUT2D eigenvalue weighted by Crippen LogP contribution is 2.36. The van der Waals surface area contributed by atoms with E-state index >= 15 is 0 Å². The molecular weight excluding hydrogens is 292 g/mol. The summed E-state index contributed by atoms with van der Waals surface area (Å²) in [6.45, 7) is 3.68. The molecule has 0 aliphatic carbocycles. The van der Waals surface area contributed by atoms with E-state index in [1.807, 2.05) is 0 Å². The van der Waals surface area contributed by atoms with Gasteiger partial charge < -0.3 is 14.8 Å². The van der Waals surface area contributed by atoms with Gasteiger partial charge in [0.15, 0.2) is 11.5 Å². The third-order valence-electron chi connectivity index (χ3n) is 3.77. The Bertz CT molecular complexity index is 617. The highest BCUT2D eigenvalue weighted by atomic mass is 32.2. The molecule has 1 aromatic carbocycles. The van der Waals surface area contributed by atoms with Gasteiger partial charge in [-0.05, 0) is 38.4 Å². The predicted molar refractivity (Wildman–Crippen MR) is 78.2 cm³/mol. The lowest BCUT2D eigenvalue weighted by Gasteiger charge is -2.29. The maximum atomic E-state index is 12.6. The second-order valence-electron chi connectivity index (χ2n) is 5.48. The van der Waals surface area contributed by atoms with Crippen LogP contribution in [0.3, 0.4) is 0 Å². The molecule has 0 spiro atoms. The lowest BCUT2D eigenvalue weighted by atomic mass is 10.0. The molecule has 2 heterocycles. The van der Waals surface area contributed by atoms with Crippen molar-refractivity contribution in [2.75, 3.05) is 19.8 Å². The zero-order valence-electron chi connectivity index (χ0n) is 12.0. The van der Waals surface area contributed by atoms with Crippen LogP contribution in [-0.2, 0) is 10.0 Å². The second-order valence-corrected chi connectivity index (χ2v) is 7.16. The minimum Gasteiger partial charge on any atom is -0.486 e. The first-order chi connectivity index (χ1) is 10.1. The van der Waals surface area contributed by atoms with Gasteiger partial charge in [-0.3, -0.25) is 0 Å². The number of ether oxygens (including phenoxy) is 2. The van der Waals surface area contributed by atoms with Crippen LogP contribution in [0, 0.1) is 0 Å². The van der Waals surface area contributed by atoms with Crippen LogP contribution in [0.2, 0.25) is 0 Å².